The number of nitrogens with zero attached hydrogens (tertiary/aromatic N) is 2. The number of hydrogen-bond acceptors (Lipinski definition) is 3. The Hall–Kier alpha value is -1.65. The van der Waals surface area contributed by atoms with Gasteiger partial charge in [0.1, 0.15) is 0 Å². The first-order valence-electron chi connectivity index (χ1n) is 7.84. The van der Waals surface area contributed by atoms with E-state index in [0.29, 0.717) is 6.54 Å². The summed E-state index contributed by atoms with van der Waals surface area (Å²) in [6.07, 6.45) is 1.87. The van der Waals surface area contributed by atoms with Crippen LogP contribution in [0.15, 0.2) is 18.2 Å². The van der Waals surface area contributed by atoms with Crippen LogP contribution in [0.5, 0.6) is 0 Å². The van der Waals surface area contributed by atoms with Gasteiger partial charge in [-0.25, -0.2) is 4.98 Å². The normalized spacial score (nSPS) is 11.5. The molecule has 0 aliphatic carbocycles. The van der Waals surface area contributed by atoms with Crippen LogP contribution in [-0.2, 0) is 12.8 Å². The average Bonchev–Trinajstić information content (AvgIpc) is 2.98. The molecule has 116 valence electrons. The predicted octanol–water partition coefficient (Wildman–Crippen LogP) is 4.05. The summed E-state index contributed by atoms with van der Waals surface area (Å²) in [5.41, 5.74) is 13.4. The highest BCUT2D eigenvalue weighted by Gasteiger charge is 2.19. The van der Waals surface area contributed by atoms with Crippen molar-refractivity contribution in [3.8, 4) is 11.3 Å². The number of aromatic nitrogens is 2. The van der Waals surface area contributed by atoms with Crippen LogP contribution in [0.4, 0.5) is 0 Å². The van der Waals surface area contributed by atoms with Gasteiger partial charge in [0.2, 0.25) is 0 Å². The SMILES string of the molecule is CCc1c(C)sc2nc(-c3ccc(C)c(C)c3)c(CCN)n12. The van der Waals surface area contributed by atoms with Crippen molar-refractivity contribution in [3.05, 3.63) is 45.6 Å². The number of nitrogens with two attached hydrogens (primary N) is 1. The minimum Gasteiger partial charge on any atom is -0.330 e. The number of imidazole rings is 1. The van der Waals surface area contributed by atoms with E-state index in [-0.39, 0.29) is 0 Å². The van der Waals surface area contributed by atoms with Crippen LogP contribution in [-0.4, -0.2) is 15.9 Å². The first kappa shape index (κ1) is 15.3. The molecule has 2 N–H and O–H groups in total. The van der Waals surface area contributed by atoms with Gasteiger partial charge >= 0.3 is 0 Å². The summed E-state index contributed by atoms with van der Waals surface area (Å²) in [5, 5.41) is 0. The van der Waals surface area contributed by atoms with Crippen LogP contribution >= 0.6 is 11.3 Å². The number of fused-ring (bicyclic) bond motifs is 1. The molecule has 0 spiro atoms. The van der Waals surface area contributed by atoms with E-state index in [0.717, 1.165) is 23.5 Å². The number of aryl methyl sites for hydroxylation is 4. The highest BCUT2D eigenvalue weighted by atomic mass is 32.1. The second-order valence-corrected chi connectivity index (χ2v) is 7.00. The van der Waals surface area contributed by atoms with E-state index in [2.05, 4.69) is 50.3 Å². The maximum absolute atomic E-state index is 5.87. The van der Waals surface area contributed by atoms with Crippen molar-refractivity contribution in [2.45, 2.75) is 40.5 Å². The van der Waals surface area contributed by atoms with Crippen molar-refractivity contribution in [1.82, 2.24) is 9.38 Å². The minimum atomic E-state index is 0.643. The highest BCUT2D eigenvalue weighted by molar-refractivity contribution is 7.17. The standard InChI is InChI=1S/C18H23N3S/c1-5-15-13(4)22-18-20-17(16(8-9-19)21(15)18)14-7-6-11(2)12(3)10-14/h6-7,10H,5,8-9,19H2,1-4H3. The number of hydrogen-bond donors (Lipinski definition) is 1. The lowest BCUT2D eigenvalue weighted by atomic mass is 10.0. The first-order chi connectivity index (χ1) is 10.6. The largest absolute Gasteiger partial charge is 0.330 e. The van der Waals surface area contributed by atoms with Gasteiger partial charge in [-0.1, -0.05) is 19.1 Å². The van der Waals surface area contributed by atoms with Crippen molar-refractivity contribution in [3.63, 3.8) is 0 Å². The molecule has 0 fully saturated rings. The molecule has 0 unspecified atom stereocenters. The molecule has 0 aliphatic rings. The van der Waals surface area contributed by atoms with Crippen molar-refractivity contribution < 1.29 is 0 Å². The molecular formula is C18H23N3S. The first-order valence-corrected chi connectivity index (χ1v) is 8.65. The zero-order valence-electron chi connectivity index (χ0n) is 13.7. The summed E-state index contributed by atoms with van der Waals surface area (Å²) in [7, 11) is 0. The second-order valence-electron chi connectivity index (χ2n) is 5.82. The van der Waals surface area contributed by atoms with E-state index in [1.165, 1.54) is 33.0 Å². The second kappa shape index (κ2) is 5.86. The summed E-state index contributed by atoms with van der Waals surface area (Å²) < 4.78 is 2.33. The number of thiazole rings is 1. The topological polar surface area (TPSA) is 43.3 Å². The molecular weight excluding hydrogens is 290 g/mol. The third-order valence-corrected chi connectivity index (χ3v) is 5.36. The Balaban J connectivity index is 2.26. The van der Waals surface area contributed by atoms with Crippen LogP contribution < -0.4 is 5.73 Å². The van der Waals surface area contributed by atoms with Crippen molar-refractivity contribution >= 4 is 16.3 Å². The highest BCUT2D eigenvalue weighted by Crippen LogP contribution is 2.32. The molecule has 3 aromatic rings. The van der Waals surface area contributed by atoms with Gasteiger partial charge in [0.25, 0.3) is 0 Å². The molecule has 22 heavy (non-hydrogen) atoms. The van der Waals surface area contributed by atoms with Crippen molar-refractivity contribution in [2.24, 2.45) is 5.73 Å². The Kier molecular flexibility index (Phi) is 4.06. The van der Waals surface area contributed by atoms with Gasteiger partial charge in [0.05, 0.1) is 11.4 Å². The molecule has 0 aliphatic heterocycles. The monoisotopic (exact) mass is 313 g/mol. The average molecular weight is 313 g/mol. The van der Waals surface area contributed by atoms with Gasteiger partial charge in [-0.05, 0) is 50.9 Å². The Morgan fingerprint density at radius 2 is 1.91 bits per heavy atom. The molecule has 0 amide bonds. The van der Waals surface area contributed by atoms with E-state index in [9.17, 15) is 0 Å². The van der Waals surface area contributed by atoms with E-state index in [4.69, 9.17) is 10.7 Å². The van der Waals surface area contributed by atoms with Gasteiger partial charge in [-0.15, -0.1) is 11.3 Å². The van der Waals surface area contributed by atoms with Crippen LogP contribution in [0.1, 0.15) is 34.3 Å². The van der Waals surface area contributed by atoms with E-state index >= 15 is 0 Å². The van der Waals surface area contributed by atoms with Crippen molar-refractivity contribution in [1.29, 1.82) is 0 Å². The number of rotatable bonds is 4. The molecule has 3 rings (SSSR count). The van der Waals surface area contributed by atoms with Gasteiger partial charge in [0.15, 0.2) is 4.96 Å². The minimum absolute atomic E-state index is 0.643. The third kappa shape index (κ3) is 2.36. The summed E-state index contributed by atoms with van der Waals surface area (Å²) >= 11 is 1.78. The zero-order valence-corrected chi connectivity index (χ0v) is 14.5. The van der Waals surface area contributed by atoms with Crippen LogP contribution in [0.3, 0.4) is 0 Å². The third-order valence-electron chi connectivity index (χ3n) is 4.36. The Bertz CT molecular complexity index is 827. The molecule has 0 radical (unpaired) electrons. The molecule has 3 nitrogen and oxygen atoms in total. The van der Waals surface area contributed by atoms with Gasteiger partial charge in [0, 0.05) is 22.6 Å². The lowest BCUT2D eigenvalue weighted by Gasteiger charge is -2.08. The van der Waals surface area contributed by atoms with Crippen LogP contribution in [0, 0.1) is 20.8 Å². The number of benzene rings is 1. The smallest absolute Gasteiger partial charge is 0.194 e. The van der Waals surface area contributed by atoms with E-state index < -0.39 is 0 Å². The fraction of sp³-hybridized carbons (Fsp3) is 0.389. The molecule has 2 heterocycles. The fourth-order valence-corrected chi connectivity index (χ4v) is 4.10. The van der Waals surface area contributed by atoms with Crippen molar-refractivity contribution in [2.75, 3.05) is 6.54 Å². The van der Waals surface area contributed by atoms with Gasteiger partial charge < -0.3 is 5.73 Å². The predicted molar refractivity (Wildman–Crippen MR) is 94.9 cm³/mol. The van der Waals surface area contributed by atoms with Gasteiger partial charge in [-0.3, -0.25) is 4.40 Å². The Morgan fingerprint density at radius 1 is 1.14 bits per heavy atom. The quantitative estimate of drug-likeness (QED) is 0.789. The summed E-state index contributed by atoms with van der Waals surface area (Å²) in [5.74, 6) is 0. The van der Waals surface area contributed by atoms with Crippen LogP contribution in [0.25, 0.3) is 16.2 Å². The molecule has 4 heteroatoms. The Labute approximate surface area is 135 Å². The molecule has 0 bridgehead atoms. The molecule has 0 saturated heterocycles. The summed E-state index contributed by atoms with van der Waals surface area (Å²) in [6.45, 7) is 9.33. The zero-order chi connectivity index (χ0) is 15.9. The molecule has 2 aromatic heterocycles. The fourth-order valence-electron chi connectivity index (χ4n) is 3.03. The van der Waals surface area contributed by atoms with Gasteiger partial charge in [-0.2, -0.15) is 0 Å². The maximum atomic E-state index is 5.87. The summed E-state index contributed by atoms with van der Waals surface area (Å²) in [4.78, 5) is 7.37. The summed E-state index contributed by atoms with van der Waals surface area (Å²) in [6, 6.07) is 6.59. The van der Waals surface area contributed by atoms with E-state index in [1.807, 2.05) is 0 Å². The lowest BCUT2D eigenvalue weighted by molar-refractivity contribution is 0.873. The molecule has 0 atom stereocenters. The molecule has 0 saturated carbocycles. The van der Waals surface area contributed by atoms with E-state index in [1.54, 1.807) is 11.3 Å². The maximum Gasteiger partial charge on any atom is 0.194 e. The lowest BCUT2D eigenvalue weighted by Crippen LogP contribution is -2.07. The Morgan fingerprint density at radius 3 is 2.55 bits per heavy atom. The van der Waals surface area contributed by atoms with Crippen LogP contribution in [0.2, 0.25) is 0 Å². The molecule has 1 aromatic carbocycles.